The standard InChI is InChI=1S/CHF3O/c2-1(3,4)5/h5H. The lowest BCUT2D eigenvalue weighted by molar-refractivity contribution is -0.295. The highest BCUT2D eigenvalue weighted by molar-refractivity contribution is 4.06. The largest absolute Gasteiger partial charge is 0.519 e. The second kappa shape index (κ2) is 0.858. The quantitative estimate of drug-likeness (QED) is 0.455. The first-order valence-corrected chi connectivity index (χ1v) is 0.791. The van der Waals surface area contributed by atoms with Crippen molar-refractivity contribution in [1.29, 1.82) is 0 Å². The molecule has 0 rings (SSSR count). The maximum atomic E-state index is 9.91. The Balaban J connectivity index is 3.02. The van der Waals surface area contributed by atoms with Gasteiger partial charge >= 0.3 is 6.36 Å². The molecule has 0 bridgehead atoms. The Morgan fingerprint density at radius 3 is 1.20 bits per heavy atom. The Morgan fingerprint density at radius 1 is 1.20 bits per heavy atom. The van der Waals surface area contributed by atoms with Crippen LogP contribution in [0.2, 0.25) is 0 Å². The molecule has 0 unspecified atom stereocenters. The minimum Gasteiger partial charge on any atom is -0.308 e. The second-order valence-corrected chi connectivity index (χ2v) is 0.468. The third-order valence-electron chi connectivity index (χ3n) is 0. The van der Waals surface area contributed by atoms with Crippen molar-refractivity contribution >= 4 is 0 Å². The lowest BCUT2D eigenvalue weighted by atomic mass is 11.4. The Bertz CT molecular complexity index is 22.4. The minimum absolute atomic E-state index is 5.00. The molecule has 0 amide bonds. The van der Waals surface area contributed by atoms with Crippen molar-refractivity contribution in [1.82, 2.24) is 0 Å². The van der Waals surface area contributed by atoms with Crippen molar-refractivity contribution in [2.75, 3.05) is 0 Å². The molecule has 32 valence electrons. The number of halogens is 3. The van der Waals surface area contributed by atoms with Crippen molar-refractivity contribution in [2.45, 2.75) is 6.36 Å². The monoisotopic (exact) mass is 86.0 g/mol. The zero-order valence-electron chi connectivity index (χ0n) is 2.08. The average Bonchev–Trinajstić information content (AvgIpc) is 0.722. The van der Waals surface area contributed by atoms with Crippen molar-refractivity contribution < 1.29 is 18.3 Å². The third-order valence-corrected chi connectivity index (χ3v) is 0. The molecular weight excluding hydrogens is 85.0 g/mol. The van der Waals surface area contributed by atoms with E-state index in [2.05, 4.69) is 0 Å². The summed E-state index contributed by atoms with van der Waals surface area (Å²) in [5.41, 5.74) is 0. The van der Waals surface area contributed by atoms with Gasteiger partial charge in [0.05, 0.1) is 0 Å². The van der Waals surface area contributed by atoms with Crippen molar-refractivity contribution in [2.24, 2.45) is 0 Å². The van der Waals surface area contributed by atoms with Gasteiger partial charge in [-0.3, -0.25) is 0 Å². The van der Waals surface area contributed by atoms with Crippen LogP contribution in [-0.2, 0) is 0 Å². The Kier molecular flexibility index (Phi) is 0.815. The first-order valence-electron chi connectivity index (χ1n) is 0.791. The van der Waals surface area contributed by atoms with E-state index >= 15 is 0 Å². The van der Waals surface area contributed by atoms with Crippen LogP contribution in [0.1, 0.15) is 0 Å². The lowest BCUT2D eigenvalue weighted by Gasteiger charge is -1.86. The van der Waals surface area contributed by atoms with Gasteiger partial charge in [0.15, 0.2) is 0 Å². The van der Waals surface area contributed by atoms with E-state index in [1.165, 1.54) is 0 Å². The molecule has 0 atom stereocenters. The summed E-state index contributed by atoms with van der Waals surface area (Å²) in [5.74, 6) is 0. The Labute approximate surface area is 26.0 Å². The molecule has 5 heavy (non-hydrogen) atoms. The fourth-order valence-electron chi connectivity index (χ4n) is 0. The van der Waals surface area contributed by atoms with Gasteiger partial charge in [-0.25, -0.2) is 0 Å². The average molecular weight is 86.0 g/mol. The molecule has 0 aliphatic heterocycles. The van der Waals surface area contributed by atoms with Gasteiger partial charge in [0, 0.05) is 0 Å². The van der Waals surface area contributed by atoms with Gasteiger partial charge in [-0.05, 0) is 0 Å². The number of rotatable bonds is 0. The summed E-state index contributed by atoms with van der Waals surface area (Å²) in [6.45, 7) is 0. The predicted molar refractivity (Wildman–Crippen MR) is 8.27 cm³/mol. The van der Waals surface area contributed by atoms with Gasteiger partial charge in [-0.15, -0.1) is 13.2 Å². The van der Waals surface area contributed by atoms with Gasteiger partial charge in [-0.1, -0.05) is 0 Å². The molecule has 0 saturated heterocycles. The Hall–Kier alpha value is -0.250. The fourth-order valence-corrected chi connectivity index (χ4v) is 0. The summed E-state index contributed by atoms with van der Waals surface area (Å²) in [5, 5.41) is 6.52. The molecule has 0 aromatic heterocycles. The van der Waals surface area contributed by atoms with E-state index in [0.29, 0.717) is 0 Å². The highest BCUT2D eigenvalue weighted by atomic mass is 19.4. The Morgan fingerprint density at radius 2 is 1.20 bits per heavy atom. The van der Waals surface area contributed by atoms with Crippen LogP contribution in [0.25, 0.3) is 0 Å². The summed E-state index contributed by atoms with van der Waals surface area (Å²) in [6.07, 6.45) is -5.00. The van der Waals surface area contributed by atoms with Crippen LogP contribution in [0.15, 0.2) is 0 Å². The van der Waals surface area contributed by atoms with Gasteiger partial charge in [0.2, 0.25) is 0 Å². The van der Waals surface area contributed by atoms with Crippen LogP contribution in [0.3, 0.4) is 0 Å². The SMILES string of the molecule is OC(F)(F)F. The maximum Gasteiger partial charge on any atom is 0.519 e. The zero-order chi connectivity index (χ0) is 4.50. The lowest BCUT2D eigenvalue weighted by Crippen LogP contribution is -2.01. The van der Waals surface area contributed by atoms with Crippen LogP contribution in [-0.4, -0.2) is 11.5 Å². The fraction of sp³-hybridized carbons (Fsp3) is 1.00. The number of hydrogen-bond donors (Lipinski definition) is 1. The topological polar surface area (TPSA) is 20.2 Å². The molecule has 0 aliphatic rings. The summed E-state index contributed by atoms with van der Waals surface area (Å²) in [4.78, 5) is 0. The van der Waals surface area contributed by atoms with Gasteiger partial charge < -0.3 is 5.11 Å². The molecule has 0 fully saturated rings. The van der Waals surface area contributed by atoms with Crippen molar-refractivity contribution in [3.63, 3.8) is 0 Å². The normalized spacial score (nSPS) is 12.0. The number of aliphatic hydroxyl groups is 1. The molecule has 0 heterocycles. The number of hydrogen-bond acceptors (Lipinski definition) is 1. The van der Waals surface area contributed by atoms with Crippen LogP contribution < -0.4 is 0 Å². The number of alkyl halides is 3. The third kappa shape index (κ3) is 184. The molecule has 4 heteroatoms. The van der Waals surface area contributed by atoms with Crippen molar-refractivity contribution in [3.05, 3.63) is 0 Å². The second-order valence-electron chi connectivity index (χ2n) is 0.468. The van der Waals surface area contributed by atoms with Crippen LogP contribution in [0, 0.1) is 0 Å². The maximum absolute atomic E-state index is 9.91. The summed E-state index contributed by atoms with van der Waals surface area (Å²) < 4.78 is 29.7. The highest BCUT2D eigenvalue weighted by Crippen LogP contribution is 2.06. The predicted octanol–water partition coefficient (Wildman–Crippen LogP) is 0.498. The summed E-state index contributed by atoms with van der Waals surface area (Å²) in [6, 6.07) is 0. The van der Waals surface area contributed by atoms with Crippen LogP contribution in [0.4, 0.5) is 13.2 Å². The van der Waals surface area contributed by atoms with Crippen LogP contribution >= 0.6 is 0 Å². The molecule has 0 aromatic carbocycles. The molecule has 0 radical (unpaired) electrons. The van der Waals surface area contributed by atoms with E-state index in [1.54, 1.807) is 0 Å². The van der Waals surface area contributed by atoms with Gasteiger partial charge in [0.1, 0.15) is 0 Å². The minimum atomic E-state index is -5.00. The molecule has 1 N–H and O–H groups in total. The summed E-state index contributed by atoms with van der Waals surface area (Å²) in [7, 11) is 0. The van der Waals surface area contributed by atoms with E-state index < -0.39 is 6.36 Å². The van der Waals surface area contributed by atoms with Crippen LogP contribution in [0.5, 0.6) is 0 Å². The van der Waals surface area contributed by atoms with Crippen molar-refractivity contribution in [3.8, 4) is 0 Å². The molecule has 0 aromatic rings. The van der Waals surface area contributed by atoms with E-state index in [9.17, 15) is 13.2 Å². The van der Waals surface area contributed by atoms with E-state index in [-0.39, 0.29) is 0 Å². The molecule has 1 nitrogen and oxygen atoms in total. The van der Waals surface area contributed by atoms with E-state index in [0.717, 1.165) is 0 Å². The zero-order valence-corrected chi connectivity index (χ0v) is 2.08. The first-order chi connectivity index (χ1) is 2.00. The van der Waals surface area contributed by atoms with E-state index in [1.807, 2.05) is 0 Å². The van der Waals surface area contributed by atoms with Gasteiger partial charge in [-0.2, -0.15) is 0 Å². The summed E-state index contributed by atoms with van der Waals surface area (Å²) >= 11 is 0. The first kappa shape index (κ1) is 4.75. The molecule has 0 saturated carbocycles. The van der Waals surface area contributed by atoms with Gasteiger partial charge in [0.25, 0.3) is 0 Å². The highest BCUT2D eigenvalue weighted by Gasteiger charge is 2.20. The molecular formula is CHF3O. The molecule has 0 spiro atoms. The smallest absolute Gasteiger partial charge is 0.308 e. The van der Waals surface area contributed by atoms with E-state index in [4.69, 9.17) is 5.11 Å². The molecule has 0 aliphatic carbocycles.